The Bertz CT molecular complexity index is 428. The second kappa shape index (κ2) is 11.1. The summed E-state index contributed by atoms with van der Waals surface area (Å²) in [7, 11) is 0. The van der Waals surface area contributed by atoms with E-state index in [0.29, 0.717) is 5.75 Å². The number of carboxylic acids is 1. The van der Waals surface area contributed by atoms with Gasteiger partial charge in [-0.1, -0.05) is 64.5 Å². The molecular weight excluding hydrogens is 276 g/mol. The predicted molar refractivity (Wildman–Crippen MR) is 88.1 cm³/mol. The van der Waals surface area contributed by atoms with Crippen LogP contribution in [0.25, 0.3) is 0 Å². The van der Waals surface area contributed by atoms with Crippen molar-refractivity contribution in [3.8, 4) is 5.75 Å². The third-order valence-corrected chi connectivity index (χ3v) is 3.91. The van der Waals surface area contributed by atoms with E-state index in [1.807, 2.05) is 0 Å². The van der Waals surface area contributed by atoms with E-state index < -0.39 is 5.97 Å². The second-order valence-electron chi connectivity index (χ2n) is 5.87. The number of aromatic carboxylic acids is 1. The summed E-state index contributed by atoms with van der Waals surface area (Å²) in [6, 6.07) is 6.77. The molecule has 0 N–H and O–H groups in total. The Morgan fingerprint density at radius 1 is 1.00 bits per heavy atom. The van der Waals surface area contributed by atoms with Crippen molar-refractivity contribution < 1.29 is 14.6 Å². The number of carbonyl (C=O) groups is 1. The molecule has 0 aromatic heterocycles. The number of rotatable bonds is 12. The minimum Gasteiger partial charge on any atom is -0.545 e. The van der Waals surface area contributed by atoms with Gasteiger partial charge in [0.1, 0.15) is 5.75 Å². The zero-order valence-electron chi connectivity index (χ0n) is 14.0. The van der Waals surface area contributed by atoms with Crippen LogP contribution in [0.2, 0.25) is 0 Å². The summed E-state index contributed by atoms with van der Waals surface area (Å²) in [5.74, 6) is -0.732. The maximum absolute atomic E-state index is 11.2. The van der Waals surface area contributed by atoms with Crippen molar-refractivity contribution in [2.75, 3.05) is 0 Å². The first kappa shape index (κ1) is 18.5. The Balaban J connectivity index is 2.58. The first-order chi connectivity index (χ1) is 10.7. The molecule has 0 amide bonds. The zero-order chi connectivity index (χ0) is 16.2. The molecule has 0 heterocycles. The molecule has 3 nitrogen and oxygen atoms in total. The van der Waals surface area contributed by atoms with Crippen molar-refractivity contribution in [1.82, 2.24) is 0 Å². The van der Waals surface area contributed by atoms with E-state index >= 15 is 0 Å². The first-order valence-electron chi connectivity index (χ1n) is 8.66. The predicted octanol–water partition coefficient (Wildman–Crippen LogP) is 4.35. The van der Waals surface area contributed by atoms with Gasteiger partial charge in [0.25, 0.3) is 0 Å². The van der Waals surface area contributed by atoms with E-state index in [2.05, 4.69) is 13.8 Å². The molecule has 22 heavy (non-hydrogen) atoms. The van der Waals surface area contributed by atoms with Gasteiger partial charge < -0.3 is 14.6 Å². The van der Waals surface area contributed by atoms with Gasteiger partial charge >= 0.3 is 0 Å². The van der Waals surface area contributed by atoms with Crippen LogP contribution in [-0.2, 0) is 0 Å². The number of carbonyl (C=O) groups excluding carboxylic acids is 1. The molecule has 0 radical (unpaired) electrons. The molecule has 0 bridgehead atoms. The molecule has 1 rings (SSSR count). The maximum Gasteiger partial charge on any atom is 0.128 e. The smallest absolute Gasteiger partial charge is 0.128 e. The quantitative estimate of drug-likeness (QED) is 0.539. The summed E-state index contributed by atoms with van der Waals surface area (Å²) >= 11 is 0. The maximum atomic E-state index is 11.2. The Hall–Kier alpha value is -1.51. The fourth-order valence-corrected chi connectivity index (χ4v) is 2.59. The lowest BCUT2D eigenvalue weighted by atomic mass is 10.0. The second-order valence-corrected chi connectivity index (χ2v) is 5.87. The number of hydrogen-bond donors (Lipinski definition) is 0. The van der Waals surface area contributed by atoms with Crippen LogP contribution >= 0.6 is 0 Å². The summed E-state index contributed by atoms with van der Waals surface area (Å²) in [6.07, 6.45) is 10.5. The Morgan fingerprint density at radius 2 is 1.64 bits per heavy atom. The van der Waals surface area contributed by atoms with Crippen LogP contribution in [0.15, 0.2) is 24.3 Å². The topological polar surface area (TPSA) is 49.4 Å². The van der Waals surface area contributed by atoms with Crippen LogP contribution in [-0.4, -0.2) is 12.1 Å². The third-order valence-electron chi connectivity index (χ3n) is 3.91. The van der Waals surface area contributed by atoms with Gasteiger partial charge in [-0.25, -0.2) is 0 Å². The zero-order valence-corrected chi connectivity index (χ0v) is 14.0. The number of benzene rings is 1. The fourth-order valence-electron chi connectivity index (χ4n) is 2.59. The highest BCUT2D eigenvalue weighted by molar-refractivity contribution is 5.89. The van der Waals surface area contributed by atoms with Crippen molar-refractivity contribution in [1.29, 1.82) is 0 Å². The largest absolute Gasteiger partial charge is 0.545 e. The monoisotopic (exact) mass is 305 g/mol. The highest BCUT2D eigenvalue weighted by Gasteiger charge is 2.13. The lowest BCUT2D eigenvalue weighted by Crippen LogP contribution is -2.25. The Kier molecular flexibility index (Phi) is 9.36. The van der Waals surface area contributed by atoms with E-state index in [-0.39, 0.29) is 11.7 Å². The summed E-state index contributed by atoms with van der Waals surface area (Å²) in [5.41, 5.74) is 0.148. The van der Waals surface area contributed by atoms with E-state index in [0.717, 1.165) is 32.1 Å². The molecule has 3 heteroatoms. The number of para-hydroxylation sites is 1. The average Bonchev–Trinajstić information content (AvgIpc) is 2.52. The molecule has 1 atom stereocenters. The molecule has 1 aromatic carbocycles. The molecule has 0 spiro atoms. The standard InChI is InChI=1S/C19H30O3/c1-3-5-7-8-9-13-16(12-6-4-2)22-18-15-11-10-14-17(18)19(20)21/h10-11,14-16H,3-9,12-13H2,1-2H3,(H,20,21)/p-1. The molecule has 0 aliphatic carbocycles. The van der Waals surface area contributed by atoms with Crippen LogP contribution in [0.5, 0.6) is 5.75 Å². The van der Waals surface area contributed by atoms with Gasteiger partial charge in [-0.2, -0.15) is 0 Å². The molecule has 0 aliphatic heterocycles. The fraction of sp³-hybridized carbons (Fsp3) is 0.632. The first-order valence-corrected chi connectivity index (χ1v) is 8.66. The van der Waals surface area contributed by atoms with Crippen LogP contribution in [0.4, 0.5) is 0 Å². The van der Waals surface area contributed by atoms with Crippen LogP contribution in [0.3, 0.4) is 0 Å². The van der Waals surface area contributed by atoms with E-state index in [9.17, 15) is 9.90 Å². The molecule has 0 saturated heterocycles. The summed E-state index contributed by atoms with van der Waals surface area (Å²) in [6.45, 7) is 4.37. The summed E-state index contributed by atoms with van der Waals surface area (Å²) in [5, 5.41) is 11.2. The molecule has 0 aliphatic rings. The van der Waals surface area contributed by atoms with Crippen molar-refractivity contribution in [2.45, 2.75) is 77.7 Å². The van der Waals surface area contributed by atoms with Crippen LogP contribution in [0.1, 0.15) is 82.0 Å². The Labute approximate surface area is 134 Å². The third kappa shape index (κ3) is 6.97. The number of unbranched alkanes of at least 4 members (excludes halogenated alkanes) is 5. The van der Waals surface area contributed by atoms with Gasteiger partial charge in [-0.3, -0.25) is 0 Å². The minimum absolute atomic E-state index is 0.0991. The van der Waals surface area contributed by atoms with Crippen molar-refractivity contribution in [2.24, 2.45) is 0 Å². The lowest BCUT2D eigenvalue weighted by Gasteiger charge is -2.21. The summed E-state index contributed by atoms with van der Waals surface area (Å²) < 4.78 is 5.99. The normalized spacial score (nSPS) is 12.1. The molecule has 1 unspecified atom stereocenters. The van der Waals surface area contributed by atoms with Gasteiger partial charge in [0.2, 0.25) is 0 Å². The van der Waals surface area contributed by atoms with E-state index in [1.165, 1.54) is 25.7 Å². The van der Waals surface area contributed by atoms with Crippen molar-refractivity contribution in [3.05, 3.63) is 29.8 Å². The SMILES string of the molecule is CCCCCCCC(CCCC)Oc1ccccc1C(=O)[O-]. The van der Waals surface area contributed by atoms with Gasteiger partial charge in [-0.05, 0) is 31.4 Å². The van der Waals surface area contributed by atoms with E-state index in [1.54, 1.807) is 24.3 Å². The number of carboxylic acid groups (broad SMARTS) is 1. The molecule has 1 aromatic rings. The minimum atomic E-state index is -1.17. The van der Waals surface area contributed by atoms with Gasteiger partial charge in [0, 0.05) is 5.56 Å². The number of hydrogen-bond acceptors (Lipinski definition) is 3. The van der Waals surface area contributed by atoms with Gasteiger partial charge in [0.15, 0.2) is 0 Å². The van der Waals surface area contributed by atoms with E-state index in [4.69, 9.17) is 4.74 Å². The highest BCUT2D eigenvalue weighted by Crippen LogP contribution is 2.23. The molecule has 0 fully saturated rings. The average molecular weight is 305 g/mol. The Morgan fingerprint density at radius 3 is 2.32 bits per heavy atom. The van der Waals surface area contributed by atoms with Crippen molar-refractivity contribution in [3.63, 3.8) is 0 Å². The molecule has 0 saturated carbocycles. The number of ether oxygens (including phenoxy) is 1. The molecular formula is C19H29O3-. The van der Waals surface area contributed by atoms with Gasteiger partial charge in [0.05, 0.1) is 12.1 Å². The summed E-state index contributed by atoms with van der Waals surface area (Å²) in [4.78, 5) is 11.2. The van der Waals surface area contributed by atoms with Crippen LogP contribution < -0.4 is 9.84 Å². The highest BCUT2D eigenvalue weighted by atomic mass is 16.5. The lowest BCUT2D eigenvalue weighted by molar-refractivity contribution is -0.255. The van der Waals surface area contributed by atoms with Gasteiger partial charge in [-0.15, -0.1) is 0 Å². The van der Waals surface area contributed by atoms with Crippen molar-refractivity contribution >= 4 is 5.97 Å². The van der Waals surface area contributed by atoms with Crippen LogP contribution in [0, 0.1) is 0 Å². The molecule has 124 valence electrons.